The first-order valence-corrected chi connectivity index (χ1v) is 7.90. The van der Waals surface area contributed by atoms with E-state index in [9.17, 15) is 14.7 Å². The van der Waals surface area contributed by atoms with Gasteiger partial charge in [0.15, 0.2) is 0 Å². The topological polar surface area (TPSA) is 106 Å². The molecular weight excluding hydrogens is 296 g/mol. The van der Waals surface area contributed by atoms with Crippen LogP contribution in [0.3, 0.4) is 0 Å². The molecule has 1 saturated heterocycles. The third-order valence-corrected chi connectivity index (χ3v) is 4.45. The van der Waals surface area contributed by atoms with Crippen molar-refractivity contribution in [3.8, 4) is 0 Å². The van der Waals surface area contributed by atoms with E-state index in [0.29, 0.717) is 19.3 Å². The molecule has 1 fully saturated rings. The molecule has 122 valence electrons. The van der Waals surface area contributed by atoms with Crippen LogP contribution >= 0.6 is 0 Å². The number of fused-ring (bicyclic) bond motifs is 1. The molecule has 3 rings (SSSR count). The Morgan fingerprint density at radius 1 is 1.30 bits per heavy atom. The molecule has 2 amide bonds. The normalized spacial score (nSPS) is 20.3. The lowest BCUT2D eigenvalue weighted by Gasteiger charge is -2.33. The summed E-state index contributed by atoms with van der Waals surface area (Å²) in [7, 11) is 0. The number of urea groups is 1. The van der Waals surface area contributed by atoms with Crippen LogP contribution in [0.1, 0.15) is 42.5 Å². The number of rotatable bonds is 3. The summed E-state index contributed by atoms with van der Waals surface area (Å²) in [5.74, 6) is -1.01. The molecular formula is C16H20N4O3. The minimum Gasteiger partial charge on any atom is -0.480 e. The van der Waals surface area contributed by atoms with Crippen LogP contribution in [0.2, 0.25) is 0 Å². The standard InChI is InChI=1S/C16H20N4O3/c17-14-6-2-5-13(15(21)22)20(14)16(23)19-9-12-7-10-3-1-4-11(10)8-18-12/h7-8,13,17H,1-6,9H2,(H,19,23)(H,21,22). The predicted octanol–water partition coefficient (Wildman–Crippen LogP) is 1.70. The van der Waals surface area contributed by atoms with Crippen molar-refractivity contribution in [2.24, 2.45) is 0 Å². The second-order valence-corrected chi connectivity index (χ2v) is 6.02. The van der Waals surface area contributed by atoms with Crippen molar-refractivity contribution in [3.63, 3.8) is 0 Å². The van der Waals surface area contributed by atoms with Crippen LogP contribution in [0.25, 0.3) is 0 Å². The number of amidine groups is 1. The van der Waals surface area contributed by atoms with Gasteiger partial charge in [0.1, 0.15) is 11.9 Å². The molecule has 0 aromatic carbocycles. The van der Waals surface area contributed by atoms with Crippen molar-refractivity contribution in [2.75, 3.05) is 0 Å². The van der Waals surface area contributed by atoms with Gasteiger partial charge in [0.25, 0.3) is 0 Å². The number of hydrogen-bond donors (Lipinski definition) is 3. The van der Waals surface area contributed by atoms with Gasteiger partial charge in [-0.1, -0.05) is 0 Å². The first-order chi connectivity index (χ1) is 11.1. The molecule has 0 bridgehead atoms. The number of piperidine rings is 1. The van der Waals surface area contributed by atoms with Crippen molar-refractivity contribution < 1.29 is 14.7 Å². The van der Waals surface area contributed by atoms with Crippen LogP contribution in [0.4, 0.5) is 4.79 Å². The van der Waals surface area contributed by atoms with Crippen LogP contribution < -0.4 is 5.32 Å². The highest BCUT2D eigenvalue weighted by Gasteiger charge is 2.35. The number of nitrogens with zero attached hydrogens (tertiary/aromatic N) is 2. The number of hydrogen-bond acceptors (Lipinski definition) is 4. The Balaban J connectivity index is 1.66. The average molecular weight is 316 g/mol. The van der Waals surface area contributed by atoms with Crippen molar-refractivity contribution in [1.29, 1.82) is 5.41 Å². The van der Waals surface area contributed by atoms with Gasteiger partial charge in [0.05, 0.1) is 12.2 Å². The number of aromatic nitrogens is 1. The lowest BCUT2D eigenvalue weighted by atomic mass is 10.0. The highest BCUT2D eigenvalue weighted by molar-refractivity contribution is 6.00. The summed E-state index contributed by atoms with van der Waals surface area (Å²) in [6, 6.07) is 0.507. The van der Waals surface area contributed by atoms with Crippen LogP contribution in [-0.2, 0) is 24.2 Å². The average Bonchev–Trinajstić information content (AvgIpc) is 2.99. The van der Waals surface area contributed by atoms with E-state index >= 15 is 0 Å². The Kier molecular flexibility index (Phi) is 4.27. The number of amides is 2. The second-order valence-electron chi connectivity index (χ2n) is 6.02. The molecule has 7 heteroatoms. The quantitative estimate of drug-likeness (QED) is 0.789. The molecule has 23 heavy (non-hydrogen) atoms. The minimum absolute atomic E-state index is 0.0584. The van der Waals surface area contributed by atoms with Crippen molar-refractivity contribution in [3.05, 3.63) is 29.1 Å². The van der Waals surface area contributed by atoms with Crippen LogP contribution in [-0.4, -0.2) is 38.9 Å². The fourth-order valence-electron chi connectivity index (χ4n) is 3.25. The number of carbonyl (C=O) groups is 2. The molecule has 1 unspecified atom stereocenters. The molecule has 3 N–H and O–H groups in total. The highest BCUT2D eigenvalue weighted by atomic mass is 16.4. The monoisotopic (exact) mass is 316 g/mol. The van der Waals surface area contributed by atoms with Gasteiger partial charge in [-0.25, -0.2) is 9.59 Å². The van der Waals surface area contributed by atoms with Gasteiger partial charge < -0.3 is 10.4 Å². The fourth-order valence-corrected chi connectivity index (χ4v) is 3.25. The second kappa shape index (κ2) is 6.36. The molecule has 0 saturated carbocycles. The zero-order chi connectivity index (χ0) is 16.4. The lowest BCUT2D eigenvalue weighted by molar-refractivity contribution is -0.141. The number of carbonyl (C=O) groups excluding carboxylic acids is 1. The van der Waals surface area contributed by atoms with E-state index < -0.39 is 18.0 Å². The molecule has 0 radical (unpaired) electrons. The third-order valence-electron chi connectivity index (χ3n) is 4.45. The van der Waals surface area contributed by atoms with E-state index in [2.05, 4.69) is 10.3 Å². The first kappa shape index (κ1) is 15.5. The molecule has 1 aromatic heterocycles. The van der Waals surface area contributed by atoms with Gasteiger partial charge >= 0.3 is 12.0 Å². The van der Waals surface area contributed by atoms with Gasteiger partial charge in [-0.2, -0.15) is 0 Å². The molecule has 2 aliphatic rings. The number of aliphatic carboxylic acids is 1. The smallest absolute Gasteiger partial charge is 0.326 e. The molecule has 0 spiro atoms. The van der Waals surface area contributed by atoms with E-state index in [-0.39, 0.29) is 12.4 Å². The summed E-state index contributed by atoms with van der Waals surface area (Å²) in [4.78, 5) is 29.0. The van der Waals surface area contributed by atoms with E-state index in [4.69, 9.17) is 5.41 Å². The zero-order valence-electron chi connectivity index (χ0n) is 12.8. The summed E-state index contributed by atoms with van der Waals surface area (Å²) in [6.45, 7) is 0.238. The molecule has 2 heterocycles. The Morgan fingerprint density at radius 2 is 2.09 bits per heavy atom. The number of likely N-dealkylation sites (tertiary alicyclic amines) is 1. The molecule has 1 aromatic rings. The predicted molar refractivity (Wildman–Crippen MR) is 83.3 cm³/mol. The van der Waals surface area contributed by atoms with Gasteiger partial charge in [0, 0.05) is 12.6 Å². The number of carboxylic acids is 1. The Labute approximate surface area is 134 Å². The Hall–Kier alpha value is -2.44. The Bertz CT molecular complexity index is 659. The summed E-state index contributed by atoms with van der Waals surface area (Å²) >= 11 is 0. The largest absolute Gasteiger partial charge is 0.480 e. The van der Waals surface area contributed by atoms with Crippen molar-refractivity contribution in [1.82, 2.24) is 15.2 Å². The number of carboxylic acid groups (broad SMARTS) is 1. The maximum absolute atomic E-state index is 12.3. The molecule has 1 aliphatic carbocycles. The third kappa shape index (κ3) is 3.18. The van der Waals surface area contributed by atoms with Crippen LogP contribution in [0.5, 0.6) is 0 Å². The molecule has 1 atom stereocenters. The van der Waals surface area contributed by atoms with Crippen LogP contribution in [0.15, 0.2) is 12.3 Å². The van der Waals surface area contributed by atoms with E-state index in [0.717, 1.165) is 29.9 Å². The van der Waals surface area contributed by atoms with Gasteiger partial charge in [-0.05, 0) is 49.3 Å². The SMILES string of the molecule is N=C1CCCC(C(=O)O)N1C(=O)NCc1cc2c(cn1)CCC2. The first-order valence-electron chi connectivity index (χ1n) is 7.90. The summed E-state index contributed by atoms with van der Waals surface area (Å²) in [5, 5.41) is 19.8. The lowest BCUT2D eigenvalue weighted by Crippen LogP contribution is -2.54. The Morgan fingerprint density at radius 3 is 2.87 bits per heavy atom. The summed E-state index contributed by atoms with van der Waals surface area (Å²) in [5.41, 5.74) is 3.30. The summed E-state index contributed by atoms with van der Waals surface area (Å²) < 4.78 is 0. The van der Waals surface area contributed by atoms with E-state index in [1.165, 1.54) is 11.1 Å². The van der Waals surface area contributed by atoms with Crippen molar-refractivity contribution >= 4 is 17.8 Å². The van der Waals surface area contributed by atoms with Gasteiger partial charge in [-0.15, -0.1) is 0 Å². The number of pyridine rings is 1. The number of nitrogens with one attached hydrogen (secondary N) is 2. The maximum atomic E-state index is 12.3. The fraction of sp³-hybridized carbons (Fsp3) is 0.500. The molecule has 7 nitrogen and oxygen atoms in total. The highest BCUT2D eigenvalue weighted by Crippen LogP contribution is 2.22. The zero-order valence-corrected chi connectivity index (χ0v) is 12.8. The van der Waals surface area contributed by atoms with Gasteiger partial charge in [0.2, 0.25) is 0 Å². The van der Waals surface area contributed by atoms with Crippen molar-refractivity contribution in [2.45, 2.75) is 51.1 Å². The van der Waals surface area contributed by atoms with Gasteiger partial charge in [-0.3, -0.25) is 15.3 Å². The van der Waals surface area contributed by atoms with E-state index in [1.807, 2.05) is 12.3 Å². The summed E-state index contributed by atoms with van der Waals surface area (Å²) in [6.07, 6.45) is 6.50. The van der Waals surface area contributed by atoms with E-state index in [1.54, 1.807) is 0 Å². The minimum atomic E-state index is -1.07. The maximum Gasteiger partial charge on any atom is 0.326 e. The molecule has 1 aliphatic heterocycles. The number of aryl methyl sites for hydroxylation is 2. The van der Waals surface area contributed by atoms with Crippen LogP contribution in [0, 0.1) is 5.41 Å².